The molecular formula is C24H24N2O4S2. The van der Waals surface area contributed by atoms with Gasteiger partial charge in [-0.05, 0) is 29.2 Å². The lowest BCUT2D eigenvalue weighted by Crippen LogP contribution is -2.18. The summed E-state index contributed by atoms with van der Waals surface area (Å²) < 4.78 is 19.5. The van der Waals surface area contributed by atoms with Crippen LogP contribution in [-0.2, 0) is 6.54 Å². The number of aryl methyl sites for hydroxylation is 1. The average Bonchev–Trinajstić information content (AvgIpc) is 3.16. The Balaban J connectivity index is 1.89. The van der Waals surface area contributed by atoms with Crippen LogP contribution >= 0.6 is 23.1 Å². The predicted molar refractivity (Wildman–Crippen MR) is 132 cm³/mol. The lowest BCUT2D eigenvalue weighted by atomic mass is 10.1. The minimum absolute atomic E-state index is 0.337. The molecule has 4 rings (SSSR count). The number of methoxy groups -OCH3 is 3. The van der Waals surface area contributed by atoms with Crippen LogP contribution in [0.15, 0.2) is 53.5 Å². The topological polar surface area (TPSA) is 62.0 Å². The molecule has 1 heterocycles. The molecule has 0 aliphatic heterocycles. The van der Waals surface area contributed by atoms with Crippen molar-refractivity contribution in [2.75, 3.05) is 33.3 Å². The van der Waals surface area contributed by atoms with Crippen LogP contribution < -0.4 is 19.0 Å². The molecule has 0 fully saturated rings. The second kappa shape index (κ2) is 9.67. The Morgan fingerprint density at radius 3 is 2.28 bits per heavy atom. The van der Waals surface area contributed by atoms with Gasteiger partial charge in [0.15, 0.2) is 16.3 Å². The van der Waals surface area contributed by atoms with Gasteiger partial charge in [-0.2, -0.15) is 16.8 Å². The summed E-state index contributed by atoms with van der Waals surface area (Å²) in [6, 6.07) is 15.5. The largest absolute Gasteiger partial charge is 0.496 e. The number of nitrogens with zero attached hydrogens (tertiary/aromatic N) is 2. The summed E-state index contributed by atoms with van der Waals surface area (Å²) in [7, 11) is 4.79. The highest BCUT2D eigenvalue weighted by molar-refractivity contribution is 7.98. The molecule has 6 nitrogen and oxygen atoms in total. The molecule has 0 atom stereocenters. The van der Waals surface area contributed by atoms with Gasteiger partial charge in [-0.1, -0.05) is 35.6 Å². The summed E-state index contributed by atoms with van der Waals surface area (Å²) in [6.07, 6.45) is 2.06. The van der Waals surface area contributed by atoms with Crippen LogP contribution in [0.4, 0.5) is 0 Å². The first-order valence-corrected chi connectivity index (χ1v) is 12.2. The van der Waals surface area contributed by atoms with E-state index in [0.717, 1.165) is 33.3 Å². The van der Waals surface area contributed by atoms with Crippen molar-refractivity contribution in [3.8, 4) is 17.2 Å². The van der Waals surface area contributed by atoms with Crippen molar-refractivity contribution in [3.05, 3.63) is 58.9 Å². The Bertz CT molecular complexity index is 1360. The van der Waals surface area contributed by atoms with Gasteiger partial charge in [0, 0.05) is 24.4 Å². The Morgan fingerprint density at radius 1 is 0.969 bits per heavy atom. The van der Waals surface area contributed by atoms with Gasteiger partial charge in [0.2, 0.25) is 0 Å². The molecule has 4 aromatic rings. The molecule has 32 heavy (non-hydrogen) atoms. The number of carbonyl (C=O) groups excluding carboxylic acids is 1. The summed E-state index contributed by atoms with van der Waals surface area (Å²) in [5, 5.41) is 1.98. The molecule has 0 radical (unpaired) electrons. The fourth-order valence-electron chi connectivity index (χ4n) is 3.58. The maximum Gasteiger partial charge on any atom is 0.283 e. The third kappa shape index (κ3) is 4.20. The number of carbonyl (C=O) groups is 1. The number of thiazole rings is 1. The zero-order chi connectivity index (χ0) is 22.7. The van der Waals surface area contributed by atoms with Crippen molar-refractivity contribution in [3.63, 3.8) is 0 Å². The van der Waals surface area contributed by atoms with E-state index in [4.69, 9.17) is 14.2 Å². The predicted octanol–water partition coefficient (Wildman–Crippen LogP) is 4.99. The van der Waals surface area contributed by atoms with Crippen molar-refractivity contribution < 1.29 is 19.0 Å². The second-order valence-corrected chi connectivity index (χ2v) is 9.02. The van der Waals surface area contributed by atoms with Crippen LogP contribution in [0.1, 0.15) is 10.4 Å². The maximum atomic E-state index is 13.3. The number of benzene rings is 3. The Kier molecular flexibility index (Phi) is 6.72. The van der Waals surface area contributed by atoms with Gasteiger partial charge in [0.05, 0.1) is 37.1 Å². The fraction of sp³-hybridized carbons (Fsp3) is 0.250. The molecule has 3 aromatic carbocycles. The number of thioether (sulfide) groups is 1. The molecule has 0 bridgehead atoms. The summed E-state index contributed by atoms with van der Waals surface area (Å²) in [6.45, 7) is 0.720. The lowest BCUT2D eigenvalue weighted by Gasteiger charge is -2.09. The SMILES string of the molecule is COc1cc2sc(=NC(=O)c3cc4ccccc4cc3OC)n(CCSC)c2cc1OC. The van der Waals surface area contributed by atoms with Crippen LogP contribution in [0.2, 0.25) is 0 Å². The Morgan fingerprint density at radius 2 is 1.62 bits per heavy atom. The molecule has 166 valence electrons. The highest BCUT2D eigenvalue weighted by Gasteiger charge is 2.16. The zero-order valence-corrected chi connectivity index (χ0v) is 20.0. The van der Waals surface area contributed by atoms with Gasteiger partial charge >= 0.3 is 0 Å². The van der Waals surface area contributed by atoms with Crippen molar-refractivity contribution in [2.45, 2.75) is 6.54 Å². The van der Waals surface area contributed by atoms with E-state index in [1.54, 1.807) is 33.1 Å². The highest BCUT2D eigenvalue weighted by Crippen LogP contribution is 2.33. The molecule has 0 spiro atoms. The second-order valence-electron chi connectivity index (χ2n) is 7.02. The van der Waals surface area contributed by atoms with Gasteiger partial charge in [0.1, 0.15) is 5.75 Å². The van der Waals surface area contributed by atoms with Crippen LogP contribution in [0.5, 0.6) is 17.2 Å². The molecule has 0 unspecified atom stereocenters. The molecule has 8 heteroatoms. The molecule has 1 aromatic heterocycles. The number of hydrogen-bond acceptors (Lipinski definition) is 6. The monoisotopic (exact) mass is 468 g/mol. The first-order chi connectivity index (χ1) is 15.6. The number of aromatic nitrogens is 1. The maximum absolute atomic E-state index is 13.3. The summed E-state index contributed by atoms with van der Waals surface area (Å²) in [5.41, 5.74) is 1.40. The molecule has 0 saturated heterocycles. The van der Waals surface area contributed by atoms with E-state index in [1.165, 1.54) is 11.3 Å². The van der Waals surface area contributed by atoms with Gasteiger partial charge in [-0.3, -0.25) is 4.79 Å². The van der Waals surface area contributed by atoms with Gasteiger partial charge in [-0.15, -0.1) is 0 Å². The van der Waals surface area contributed by atoms with Crippen molar-refractivity contribution in [2.24, 2.45) is 4.99 Å². The van der Waals surface area contributed by atoms with E-state index >= 15 is 0 Å². The van der Waals surface area contributed by atoms with Crippen molar-refractivity contribution in [1.29, 1.82) is 0 Å². The highest BCUT2D eigenvalue weighted by atomic mass is 32.2. The van der Waals surface area contributed by atoms with Crippen LogP contribution in [0, 0.1) is 0 Å². The van der Waals surface area contributed by atoms with E-state index < -0.39 is 0 Å². The van der Waals surface area contributed by atoms with Crippen LogP contribution in [0.3, 0.4) is 0 Å². The van der Waals surface area contributed by atoms with Crippen molar-refractivity contribution in [1.82, 2.24) is 4.57 Å². The molecular weight excluding hydrogens is 444 g/mol. The molecule has 0 aliphatic rings. The zero-order valence-electron chi connectivity index (χ0n) is 18.4. The smallest absolute Gasteiger partial charge is 0.283 e. The van der Waals surface area contributed by atoms with Crippen LogP contribution in [-0.4, -0.2) is 43.8 Å². The fourth-order valence-corrected chi connectivity index (χ4v) is 5.01. The van der Waals surface area contributed by atoms with Gasteiger partial charge in [-0.25, -0.2) is 0 Å². The lowest BCUT2D eigenvalue weighted by molar-refractivity contribution is 0.0995. The minimum atomic E-state index is -0.337. The van der Waals surface area contributed by atoms with E-state index in [0.29, 0.717) is 27.6 Å². The third-order valence-electron chi connectivity index (χ3n) is 5.20. The van der Waals surface area contributed by atoms with Crippen LogP contribution in [0.25, 0.3) is 21.0 Å². The van der Waals surface area contributed by atoms with Crippen molar-refractivity contribution >= 4 is 50.0 Å². The summed E-state index contributed by atoms with van der Waals surface area (Å²) in [5.74, 6) is 2.35. The number of hydrogen-bond donors (Lipinski definition) is 0. The first-order valence-electron chi connectivity index (χ1n) is 9.99. The van der Waals surface area contributed by atoms with E-state index in [1.807, 2.05) is 48.5 Å². The number of fused-ring (bicyclic) bond motifs is 2. The Hall–Kier alpha value is -2.97. The third-order valence-corrected chi connectivity index (χ3v) is 6.83. The van der Waals surface area contributed by atoms with E-state index in [9.17, 15) is 4.79 Å². The average molecular weight is 469 g/mol. The minimum Gasteiger partial charge on any atom is -0.496 e. The normalized spacial score (nSPS) is 11.8. The van der Waals surface area contributed by atoms with Gasteiger partial charge < -0.3 is 18.8 Å². The van der Waals surface area contributed by atoms with Gasteiger partial charge in [0.25, 0.3) is 5.91 Å². The standard InChI is InChI=1S/C24H24N2O4S2/c1-28-19-12-16-8-6-5-7-15(16)11-17(19)23(27)25-24-26(9-10-31-4)18-13-20(29-2)21(30-3)14-22(18)32-24/h5-8,11-14H,9-10H2,1-4H3. The van der Waals surface area contributed by atoms with E-state index in [-0.39, 0.29) is 5.91 Å². The number of amides is 1. The number of rotatable bonds is 7. The van der Waals surface area contributed by atoms with E-state index in [2.05, 4.69) is 15.8 Å². The summed E-state index contributed by atoms with van der Waals surface area (Å²) >= 11 is 3.19. The molecule has 0 saturated carbocycles. The quantitative estimate of drug-likeness (QED) is 0.383. The molecule has 0 aliphatic carbocycles. The number of ether oxygens (including phenoxy) is 3. The first kappa shape index (κ1) is 22.2. The Labute approximate surface area is 194 Å². The molecule has 0 N–H and O–H groups in total. The molecule has 1 amide bonds. The summed E-state index contributed by atoms with van der Waals surface area (Å²) in [4.78, 5) is 18.4.